The van der Waals surface area contributed by atoms with Crippen LogP contribution in [0.1, 0.15) is 30.5 Å². The Morgan fingerprint density at radius 3 is 3.21 bits per heavy atom. The lowest BCUT2D eigenvalue weighted by atomic mass is 10.1. The van der Waals surface area contributed by atoms with Crippen molar-refractivity contribution in [2.24, 2.45) is 0 Å². The van der Waals surface area contributed by atoms with E-state index >= 15 is 0 Å². The molecule has 0 aliphatic heterocycles. The molecule has 0 radical (unpaired) electrons. The lowest BCUT2D eigenvalue weighted by Gasteiger charge is -2.20. The largest absolute Gasteiger partial charge is 0.306 e. The zero-order valence-electron chi connectivity index (χ0n) is 10.9. The molecular weight excluding hydrogens is 304 g/mol. The van der Waals surface area contributed by atoms with E-state index in [2.05, 4.69) is 56.5 Å². The smallest absolute Gasteiger partial charge is 0.137 e. The average Bonchev–Trinajstić information content (AvgIpc) is 3.01. The summed E-state index contributed by atoms with van der Waals surface area (Å²) in [4.78, 5) is 3.97. The molecule has 1 aromatic heterocycles. The molecule has 3 rings (SSSR count). The molecule has 2 atom stereocenters. The van der Waals surface area contributed by atoms with Crippen LogP contribution in [-0.2, 0) is 13.0 Å². The Labute approximate surface area is 121 Å². The molecule has 1 N–H and O–H groups in total. The second-order valence-electron chi connectivity index (χ2n) is 5.08. The van der Waals surface area contributed by atoms with E-state index in [1.165, 1.54) is 22.0 Å². The number of nitrogens with one attached hydrogen (secondary N) is 1. The van der Waals surface area contributed by atoms with E-state index in [4.69, 9.17) is 0 Å². The van der Waals surface area contributed by atoms with Crippen molar-refractivity contribution in [2.45, 2.75) is 38.4 Å². The summed E-state index contributed by atoms with van der Waals surface area (Å²) in [6.07, 6.45) is 5.65. The van der Waals surface area contributed by atoms with Gasteiger partial charge in [0.2, 0.25) is 0 Å². The lowest BCUT2D eigenvalue weighted by molar-refractivity contribution is 0.397. The number of hydrogen-bond donors (Lipinski definition) is 1. The molecule has 0 saturated carbocycles. The molecule has 4 nitrogen and oxygen atoms in total. The van der Waals surface area contributed by atoms with E-state index in [0.717, 1.165) is 13.0 Å². The number of nitrogens with zero attached hydrogens (tertiary/aromatic N) is 3. The van der Waals surface area contributed by atoms with Gasteiger partial charge in [0.25, 0.3) is 0 Å². The molecule has 0 amide bonds. The third-order valence-corrected chi connectivity index (χ3v) is 4.37. The van der Waals surface area contributed by atoms with Gasteiger partial charge in [0.05, 0.1) is 6.54 Å². The summed E-state index contributed by atoms with van der Waals surface area (Å²) in [6, 6.07) is 7.29. The Balaban J connectivity index is 1.68. The van der Waals surface area contributed by atoms with Crippen LogP contribution in [0.5, 0.6) is 0 Å². The van der Waals surface area contributed by atoms with Crippen molar-refractivity contribution in [3.63, 3.8) is 0 Å². The summed E-state index contributed by atoms with van der Waals surface area (Å²) in [5.74, 6) is 0. The van der Waals surface area contributed by atoms with Crippen LogP contribution in [0, 0.1) is 0 Å². The summed E-state index contributed by atoms with van der Waals surface area (Å²) in [6.45, 7) is 3.04. The van der Waals surface area contributed by atoms with Gasteiger partial charge in [0, 0.05) is 16.6 Å². The molecule has 19 heavy (non-hydrogen) atoms. The molecule has 1 heterocycles. The van der Waals surface area contributed by atoms with Crippen LogP contribution in [0.3, 0.4) is 0 Å². The van der Waals surface area contributed by atoms with Gasteiger partial charge in [0.1, 0.15) is 12.7 Å². The Morgan fingerprint density at radius 2 is 2.42 bits per heavy atom. The van der Waals surface area contributed by atoms with Gasteiger partial charge in [-0.05, 0) is 37.0 Å². The quantitative estimate of drug-likeness (QED) is 0.941. The van der Waals surface area contributed by atoms with E-state index in [0.29, 0.717) is 12.1 Å². The summed E-state index contributed by atoms with van der Waals surface area (Å²) >= 11 is 3.64. The molecule has 0 saturated heterocycles. The molecule has 1 aromatic carbocycles. The van der Waals surface area contributed by atoms with E-state index in [9.17, 15) is 0 Å². The van der Waals surface area contributed by atoms with Gasteiger partial charge >= 0.3 is 0 Å². The van der Waals surface area contributed by atoms with E-state index in [-0.39, 0.29) is 0 Å². The van der Waals surface area contributed by atoms with Crippen molar-refractivity contribution in [1.29, 1.82) is 0 Å². The maximum atomic E-state index is 4.15. The van der Waals surface area contributed by atoms with Crippen LogP contribution in [0.2, 0.25) is 0 Å². The summed E-state index contributed by atoms with van der Waals surface area (Å²) in [5.41, 5.74) is 2.88. The fourth-order valence-corrected chi connectivity index (χ4v) is 3.37. The molecule has 100 valence electrons. The fraction of sp³-hybridized carbons (Fsp3) is 0.429. The summed E-state index contributed by atoms with van der Waals surface area (Å²) in [7, 11) is 0. The first-order valence-electron chi connectivity index (χ1n) is 6.60. The average molecular weight is 321 g/mol. The van der Waals surface area contributed by atoms with Crippen molar-refractivity contribution in [2.75, 3.05) is 0 Å². The first-order chi connectivity index (χ1) is 9.24. The maximum Gasteiger partial charge on any atom is 0.137 e. The van der Waals surface area contributed by atoms with Crippen LogP contribution < -0.4 is 5.32 Å². The molecule has 0 fully saturated rings. The third-order valence-electron chi connectivity index (χ3n) is 3.63. The molecule has 0 unspecified atom stereocenters. The standard InChI is InChI=1S/C14H17BrN4/c1-10(7-19-9-16-8-17-19)18-14-6-5-11-12(14)3-2-4-13(11)15/h2-4,8-10,14,18H,5-7H2,1H3/t10-,14+/m1/s1. The van der Waals surface area contributed by atoms with E-state index < -0.39 is 0 Å². The number of halogens is 1. The number of fused-ring (bicyclic) bond motifs is 1. The normalized spacial score (nSPS) is 19.4. The molecule has 1 aliphatic rings. The van der Waals surface area contributed by atoms with Gasteiger partial charge in [0.15, 0.2) is 0 Å². The second-order valence-corrected chi connectivity index (χ2v) is 5.94. The molecule has 1 aliphatic carbocycles. The second kappa shape index (κ2) is 5.43. The third kappa shape index (κ3) is 2.72. The van der Waals surface area contributed by atoms with Gasteiger partial charge in [-0.15, -0.1) is 0 Å². The highest BCUT2D eigenvalue weighted by atomic mass is 79.9. The van der Waals surface area contributed by atoms with Crippen LogP contribution in [0.15, 0.2) is 35.3 Å². The summed E-state index contributed by atoms with van der Waals surface area (Å²) in [5, 5.41) is 7.84. The number of hydrogen-bond acceptors (Lipinski definition) is 3. The maximum absolute atomic E-state index is 4.15. The predicted molar refractivity (Wildman–Crippen MR) is 77.8 cm³/mol. The van der Waals surface area contributed by atoms with Crippen LogP contribution in [0.25, 0.3) is 0 Å². The number of benzene rings is 1. The van der Waals surface area contributed by atoms with Crippen LogP contribution >= 0.6 is 15.9 Å². The van der Waals surface area contributed by atoms with Crippen molar-refractivity contribution in [3.05, 3.63) is 46.5 Å². The van der Waals surface area contributed by atoms with Gasteiger partial charge in [-0.1, -0.05) is 28.1 Å². The lowest BCUT2D eigenvalue weighted by Crippen LogP contribution is -2.33. The van der Waals surface area contributed by atoms with Gasteiger partial charge < -0.3 is 5.32 Å². The minimum atomic E-state index is 0.372. The molecule has 0 bridgehead atoms. The number of rotatable bonds is 4. The van der Waals surface area contributed by atoms with Gasteiger partial charge in [-0.25, -0.2) is 4.98 Å². The molecule has 2 aromatic rings. The van der Waals surface area contributed by atoms with Crippen molar-refractivity contribution < 1.29 is 0 Å². The minimum Gasteiger partial charge on any atom is -0.306 e. The Bertz CT molecular complexity index is 553. The highest BCUT2D eigenvalue weighted by Gasteiger charge is 2.24. The zero-order valence-corrected chi connectivity index (χ0v) is 12.5. The number of aromatic nitrogens is 3. The monoisotopic (exact) mass is 320 g/mol. The minimum absolute atomic E-state index is 0.372. The predicted octanol–water partition coefficient (Wildman–Crippen LogP) is 2.71. The first kappa shape index (κ1) is 12.8. The molecular formula is C14H17BrN4. The Kier molecular flexibility index (Phi) is 3.66. The molecule has 0 spiro atoms. The van der Waals surface area contributed by atoms with Gasteiger partial charge in [-0.3, -0.25) is 4.68 Å². The first-order valence-corrected chi connectivity index (χ1v) is 7.39. The summed E-state index contributed by atoms with van der Waals surface area (Å²) < 4.78 is 3.10. The Morgan fingerprint density at radius 1 is 1.53 bits per heavy atom. The highest BCUT2D eigenvalue weighted by molar-refractivity contribution is 9.10. The van der Waals surface area contributed by atoms with Crippen LogP contribution in [0.4, 0.5) is 0 Å². The Hall–Kier alpha value is -1.20. The van der Waals surface area contributed by atoms with Gasteiger partial charge in [-0.2, -0.15) is 5.10 Å². The fourth-order valence-electron chi connectivity index (χ4n) is 2.79. The van der Waals surface area contributed by atoms with Crippen LogP contribution in [-0.4, -0.2) is 20.8 Å². The SMILES string of the molecule is C[C@H](Cn1cncn1)N[C@H]1CCc2c(Br)cccc21. The van der Waals surface area contributed by atoms with Crippen molar-refractivity contribution in [3.8, 4) is 0 Å². The molecule has 5 heteroatoms. The van der Waals surface area contributed by atoms with E-state index in [1.807, 2.05) is 4.68 Å². The van der Waals surface area contributed by atoms with E-state index in [1.54, 1.807) is 12.7 Å². The highest BCUT2D eigenvalue weighted by Crippen LogP contribution is 2.35. The topological polar surface area (TPSA) is 42.7 Å². The van der Waals surface area contributed by atoms with Crippen molar-refractivity contribution in [1.82, 2.24) is 20.1 Å². The van der Waals surface area contributed by atoms with Crippen molar-refractivity contribution >= 4 is 15.9 Å². The zero-order chi connectivity index (χ0) is 13.2.